The number of ether oxygens (including phenoxy) is 3. The molecule has 2 rings (SSSR count). The highest BCUT2D eigenvalue weighted by Gasteiger charge is 2.37. The summed E-state index contributed by atoms with van der Waals surface area (Å²) in [6, 6.07) is 1.00. The maximum Gasteiger partial charge on any atom is 0.410 e. The normalized spacial score (nSPS) is 15.3. The Hall–Kier alpha value is -2.14. The maximum absolute atomic E-state index is 11.9. The van der Waals surface area contributed by atoms with Gasteiger partial charge in [-0.1, -0.05) is 19.6 Å². The number of hydrogen-bond donors (Lipinski definition) is 0. The first-order valence-electron chi connectivity index (χ1n) is 9.28. The molecule has 1 amide bonds. The van der Waals surface area contributed by atoms with Crippen LogP contribution in [-0.2, 0) is 16.2 Å². The number of likely N-dealkylation sites (tertiary alicyclic amines) is 1. The smallest absolute Gasteiger partial charge is 0.410 e. The molecule has 0 unspecified atom stereocenters. The molecule has 1 aliphatic rings. The summed E-state index contributed by atoms with van der Waals surface area (Å²) >= 11 is 0. The van der Waals surface area contributed by atoms with Crippen LogP contribution in [0, 0.1) is 10.1 Å². The molecule has 11 heteroatoms. The molecule has 0 aromatic carbocycles. The van der Waals surface area contributed by atoms with Gasteiger partial charge in [0.15, 0.2) is 0 Å². The van der Waals surface area contributed by atoms with E-state index < -0.39 is 24.7 Å². The second-order valence-corrected chi connectivity index (χ2v) is 14.7. The van der Waals surface area contributed by atoms with E-state index in [9.17, 15) is 14.9 Å². The fourth-order valence-electron chi connectivity index (χ4n) is 2.35. The van der Waals surface area contributed by atoms with Crippen LogP contribution in [0.25, 0.3) is 0 Å². The summed E-state index contributed by atoms with van der Waals surface area (Å²) in [6.45, 7) is 13.4. The molecule has 28 heavy (non-hydrogen) atoms. The van der Waals surface area contributed by atoms with Gasteiger partial charge in [-0.2, -0.15) is 0 Å². The Kier molecular flexibility index (Phi) is 6.70. The zero-order valence-electron chi connectivity index (χ0n) is 17.4. The van der Waals surface area contributed by atoms with Crippen molar-refractivity contribution < 1.29 is 23.9 Å². The SMILES string of the molecule is CC(C)(C)OC(=O)N1CC(Oc2nn(COCC[Si](C)(C)C)cc2[N+](=O)[O-])C1. The summed E-state index contributed by atoms with van der Waals surface area (Å²) in [5.41, 5.74) is -0.791. The van der Waals surface area contributed by atoms with Crippen molar-refractivity contribution in [2.45, 2.75) is 64.9 Å². The molecule has 10 nitrogen and oxygen atoms in total. The van der Waals surface area contributed by atoms with Gasteiger partial charge < -0.3 is 19.1 Å². The Morgan fingerprint density at radius 2 is 2.00 bits per heavy atom. The average molecular weight is 415 g/mol. The molecule has 0 atom stereocenters. The molecule has 1 aromatic heterocycles. The van der Waals surface area contributed by atoms with Crippen LogP contribution in [0.5, 0.6) is 5.88 Å². The lowest BCUT2D eigenvalue weighted by Gasteiger charge is -2.38. The molecular weight excluding hydrogens is 384 g/mol. The predicted molar refractivity (Wildman–Crippen MR) is 105 cm³/mol. The van der Waals surface area contributed by atoms with E-state index in [0.29, 0.717) is 19.7 Å². The molecule has 1 aliphatic heterocycles. The molecule has 2 heterocycles. The van der Waals surface area contributed by atoms with E-state index in [-0.39, 0.29) is 24.4 Å². The molecule has 0 aliphatic carbocycles. The molecule has 1 saturated heterocycles. The van der Waals surface area contributed by atoms with Crippen LogP contribution in [0.2, 0.25) is 25.7 Å². The highest BCUT2D eigenvalue weighted by Crippen LogP contribution is 2.28. The molecule has 0 saturated carbocycles. The Labute approximate surface area is 165 Å². The van der Waals surface area contributed by atoms with Crippen LogP contribution < -0.4 is 4.74 Å². The number of aromatic nitrogens is 2. The largest absolute Gasteiger partial charge is 0.465 e. The number of carbonyl (C=O) groups excluding carboxylic acids is 1. The highest BCUT2D eigenvalue weighted by molar-refractivity contribution is 6.76. The number of carbonyl (C=O) groups is 1. The van der Waals surface area contributed by atoms with E-state index in [1.165, 1.54) is 15.8 Å². The summed E-state index contributed by atoms with van der Waals surface area (Å²) in [6.07, 6.45) is 0.513. The summed E-state index contributed by atoms with van der Waals surface area (Å²) in [5.74, 6) is -0.0624. The minimum Gasteiger partial charge on any atom is -0.465 e. The number of nitrogens with zero attached hydrogens (tertiary/aromatic N) is 4. The lowest BCUT2D eigenvalue weighted by molar-refractivity contribution is -0.386. The standard InChI is InChI=1S/C17H30N4O6Si/c1-17(2,3)27-16(22)19-9-13(10-19)26-15-14(21(23)24)11-20(18-15)12-25-7-8-28(4,5)6/h11,13H,7-10,12H2,1-6H3. The number of amides is 1. The third-order valence-corrected chi connectivity index (χ3v) is 5.61. The van der Waals surface area contributed by atoms with Crippen molar-refractivity contribution >= 4 is 19.9 Å². The molecule has 0 N–H and O–H groups in total. The van der Waals surface area contributed by atoms with E-state index in [1.54, 1.807) is 20.8 Å². The van der Waals surface area contributed by atoms with Gasteiger partial charge in [0.1, 0.15) is 24.6 Å². The minimum atomic E-state index is -1.20. The van der Waals surface area contributed by atoms with Crippen LogP contribution in [0.4, 0.5) is 10.5 Å². The molecule has 1 fully saturated rings. The van der Waals surface area contributed by atoms with Crippen LogP contribution in [0.3, 0.4) is 0 Å². The van der Waals surface area contributed by atoms with Crippen molar-refractivity contribution in [2.24, 2.45) is 0 Å². The molecule has 1 aromatic rings. The predicted octanol–water partition coefficient (Wildman–Crippen LogP) is 3.10. The second kappa shape index (κ2) is 8.48. The summed E-state index contributed by atoms with van der Waals surface area (Å²) in [5, 5.41) is 15.4. The van der Waals surface area contributed by atoms with Gasteiger partial charge in [-0.3, -0.25) is 10.1 Å². The van der Waals surface area contributed by atoms with E-state index in [0.717, 1.165) is 6.04 Å². The van der Waals surface area contributed by atoms with Crippen molar-refractivity contribution in [3.63, 3.8) is 0 Å². The lowest BCUT2D eigenvalue weighted by Crippen LogP contribution is -2.57. The molecular formula is C17H30N4O6Si. The van der Waals surface area contributed by atoms with Crippen molar-refractivity contribution in [2.75, 3.05) is 19.7 Å². The van der Waals surface area contributed by atoms with E-state index >= 15 is 0 Å². The first-order chi connectivity index (χ1) is 12.8. The van der Waals surface area contributed by atoms with Gasteiger partial charge in [0, 0.05) is 14.7 Å². The highest BCUT2D eigenvalue weighted by atomic mass is 28.3. The number of nitro groups is 1. The zero-order chi connectivity index (χ0) is 21.1. The van der Waals surface area contributed by atoms with E-state index in [4.69, 9.17) is 14.2 Å². The number of rotatable bonds is 8. The van der Waals surface area contributed by atoms with Gasteiger partial charge in [0.2, 0.25) is 0 Å². The third kappa shape index (κ3) is 6.79. The van der Waals surface area contributed by atoms with Crippen molar-refractivity contribution in [1.29, 1.82) is 0 Å². The van der Waals surface area contributed by atoms with Crippen LogP contribution in [0.15, 0.2) is 6.20 Å². The zero-order valence-corrected chi connectivity index (χ0v) is 18.4. The van der Waals surface area contributed by atoms with Crippen molar-refractivity contribution in [1.82, 2.24) is 14.7 Å². The van der Waals surface area contributed by atoms with Crippen molar-refractivity contribution in [3.05, 3.63) is 16.3 Å². The summed E-state index contributed by atoms with van der Waals surface area (Å²) in [4.78, 5) is 24.2. The Morgan fingerprint density at radius 3 is 2.54 bits per heavy atom. The Bertz CT molecular complexity index is 703. The van der Waals surface area contributed by atoms with Gasteiger partial charge in [0.05, 0.1) is 18.0 Å². The molecule has 0 bridgehead atoms. The summed E-state index contributed by atoms with van der Waals surface area (Å²) in [7, 11) is -1.20. The van der Waals surface area contributed by atoms with Gasteiger partial charge in [0.25, 0.3) is 0 Å². The third-order valence-electron chi connectivity index (χ3n) is 3.90. The van der Waals surface area contributed by atoms with E-state index in [1.807, 2.05) is 0 Å². The summed E-state index contributed by atoms with van der Waals surface area (Å²) < 4.78 is 17.8. The van der Waals surface area contributed by atoms with Crippen LogP contribution in [-0.4, -0.2) is 65.2 Å². The van der Waals surface area contributed by atoms with Crippen molar-refractivity contribution in [3.8, 4) is 5.88 Å². The van der Waals surface area contributed by atoms with Crippen LogP contribution >= 0.6 is 0 Å². The Morgan fingerprint density at radius 1 is 1.36 bits per heavy atom. The van der Waals surface area contributed by atoms with Gasteiger partial charge in [-0.05, 0) is 26.8 Å². The average Bonchev–Trinajstić information content (AvgIpc) is 2.87. The topological polar surface area (TPSA) is 109 Å². The first kappa shape index (κ1) is 22.1. The fraction of sp³-hybridized carbons (Fsp3) is 0.765. The molecule has 0 radical (unpaired) electrons. The number of hydrogen-bond acceptors (Lipinski definition) is 7. The monoisotopic (exact) mass is 414 g/mol. The first-order valence-corrected chi connectivity index (χ1v) is 13.0. The fourth-order valence-corrected chi connectivity index (χ4v) is 3.11. The maximum atomic E-state index is 11.9. The second-order valence-electron chi connectivity index (χ2n) is 9.09. The minimum absolute atomic E-state index is 0.0624. The Balaban J connectivity index is 1.87. The lowest BCUT2D eigenvalue weighted by atomic mass is 10.2. The van der Waals surface area contributed by atoms with Gasteiger partial charge in [-0.15, -0.1) is 5.10 Å². The molecule has 158 valence electrons. The molecule has 0 spiro atoms. The quantitative estimate of drug-likeness (QED) is 0.278. The van der Waals surface area contributed by atoms with E-state index in [2.05, 4.69) is 24.7 Å². The van der Waals surface area contributed by atoms with Gasteiger partial charge >= 0.3 is 17.7 Å². The van der Waals surface area contributed by atoms with Crippen LogP contribution in [0.1, 0.15) is 20.8 Å². The van der Waals surface area contributed by atoms with Gasteiger partial charge in [-0.25, -0.2) is 9.48 Å².